The molecule has 2 fully saturated rings. The Hall–Kier alpha value is -0.610. The molecule has 4 heteroatoms. The van der Waals surface area contributed by atoms with Gasteiger partial charge in [-0.1, -0.05) is 0 Å². The van der Waals surface area contributed by atoms with Crippen molar-refractivity contribution in [3.63, 3.8) is 0 Å². The van der Waals surface area contributed by atoms with Gasteiger partial charge in [-0.2, -0.15) is 0 Å². The van der Waals surface area contributed by atoms with Crippen LogP contribution in [-0.2, 0) is 9.53 Å². The van der Waals surface area contributed by atoms with Crippen molar-refractivity contribution in [2.75, 3.05) is 26.8 Å². The van der Waals surface area contributed by atoms with Crippen LogP contribution in [0.1, 0.15) is 38.5 Å². The van der Waals surface area contributed by atoms with E-state index in [1.807, 2.05) is 0 Å². The number of ether oxygens (including phenoxy) is 1. The van der Waals surface area contributed by atoms with Crippen LogP contribution in [0.15, 0.2) is 0 Å². The van der Waals surface area contributed by atoms with Crippen LogP contribution >= 0.6 is 0 Å². The predicted molar refractivity (Wildman–Crippen MR) is 66.9 cm³/mol. The van der Waals surface area contributed by atoms with Crippen molar-refractivity contribution in [3.05, 3.63) is 0 Å². The number of amides is 1. The van der Waals surface area contributed by atoms with E-state index in [2.05, 4.69) is 10.2 Å². The van der Waals surface area contributed by atoms with Crippen LogP contribution in [-0.4, -0.2) is 49.7 Å². The summed E-state index contributed by atoms with van der Waals surface area (Å²) in [6.07, 6.45) is 6.15. The number of unbranched alkanes of at least 4 members (excludes halogenated alkanes) is 1. The first-order valence-corrected chi connectivity index (χ1v) is 6.83. The summed E-state index contributed by atoms with van der Waals surface area (Å²) in [7, 11) is 1.71. The van der Waals surface area contributed by atoms with Gasteiger partial charge in [0, 0.05) is 38.8 Å². The van der Waals surface area contributed by atoms with Crippen molar-refractivity contribution in [1.82, 2.24) is 10.2 Å². The molecule has 0 aromatic rings. The van der Waals surface area contributed by atoms with Gasteiger partial charge >= 0.3 is 0 Å². The maximum absolute atomic E-state index is 12.2. The first-order valence-electron chi connectivity index (χ1n) is 6.83. The summed E-state index contributed by atoms with van der Waals surface area (Å²) in [6.45, 7) is 2.82. The van der Waals surface area contributed by atoms with Crippen LogP contribution in [0.5, 0.6) is 0 Å². The predicted octanol–water partition coefficient (Wildman–Crippen LogP) is 1.16. The van der Waals surface area contributed by atoms with Gasteiger partial charge in [-0.3, -0.25) is 4.79 Å². The molecule has 2 bridgehead atoms. The molecule has 2 heterocycles. The van der Waals surface area contributed by atoms with E-state index in [1.54, 1.807) is 7.11 Å². The van der Waals surface area contributed by atoms with Gasteiger partial charge in [0.25, 0.3) is 0 Å². The van der Waals surface area contributed by atoms with Crippen LogP contribution in [0.2, 0.25) is 0 Å². The molecule has 2 atom stereocenters. The molecular weight excluding hydrogens is 216 g/mol. The summed E-state index contributed by atoms with van der Waals surface area (Å²) in [5.74, 6) is 0.359. The number of carbonyl (C=O) groups is 1. The molecule has 1 N–H and O–H groups in total. The van der Waals surface area contributed by atoms with Gasteiger partial charge in [-0.25, -0.2) is 0 Å². The maximum Gasteiger partial charge on any atom is 0.223 e. The zero-order valence-corrected chi connectivity index (χ0v) is 10.8. The number of fused-ring (bicyclic) bond motifs is 2. The minimum absolute atomic E-state index is 0.359. The summed E-state index contributed by atoms with van der Waals surface area (Å²) in [5.41, 5.74) is 0. The van der Waals surface area contributed by atoms with E-state index < -0.39 is 0 Å². The highest BCUT2D eigenvalue weighted by Crippen LogP contribution is 2.28. The minimum atomic E-state index is 0.359. The normalized spacial score (nSPS) is 28.2. The Bertz CT molecular complexity index is 244. The second-order valence-electron chi connectivity index (χ2n) is 5.13. The van der Waals surface area contributed by atoms with Crippen LogP contribution in [0.25, 0.3) is 0 Å². The quantitative estimate of drug-likeness (QED) is 0.733. The minimum Gasteiger partial charge on any atom is -0.385 e. The van der Waals surface area contributed by atoms with Gasteiger partial charge in [-0.15, -0.1) is 0 Å². The lowest BCUT2D eigenvalue weighted by Gasteiger charge is -2.28. The van der Waals surface area contributed by atoms with Gasteiger partial charge < -0.3 is 15.0 Å². The summed E-state index contributed by atoms with van der Waals surface area (Å²) in [6, 6.07) is 0.961. The highest BCUT2D eigenvalue weighted by atomic mass is 16.5. The van der Waals surface area contributed by atoms with E-state index in [1.165, 1.54) is 12.8 Å². The molecule has 17 heavy (non-hydrogen) atoms. The van der Waals surface area contributed by atoms with Gasteiger partial charge in [0.2, 0.25) is 5.91 Å². The third-order valence-corrected chi connectivity index (χ3v) is 3.93. The summed E-state index contributed by atoms with van der Waals surface area (Å²) in [5, 5.41) is 3.43. The number of hydrogen-bond acceptors (Lipinski definition) is 3. The number of nitrogens with one attached hydrogen (secondary N) is 1. The van der Waals surface area contributed by atoms with Crippen LogP contribution in [0.3, 0.4) is 0 Å². The Morgan fingerprint density at radius 2 is 2.12 bits per heavy atom. The molecule has 2 aliphatic rings. The number of rotatable bonds is 5. The molecular formula is C13H24N2O2. The van der Waals surface area contributed by atoms with Crippen molar-refractivity contribution in [2.45, 2.75) is 50.6 Å². The molecule has 2 saturated heterocycles. The van der Waals surface area contributed by atoms with Crippen molar-refractivity contribution in [3.8, 4) is 0 Å². The monoisotopic (exact) mass is 240 g/mol. The van der Waals surface area contributed by atoms with Crippen molar-refractivity contribution < 1.29 is 9.53 Å². The summed E-state index contributed by atoms with van der Waals surface area (Å²) in [4.78, 5) is 14.4. The second-order valence-corrected chi connectivity index (χ2v) is 5.13. The highest BCUT2D eigenvalue weighted by Gasteiger charge is 2.37. The first kappa shape index (κ1) is 12.8. The largest absolute Gasteiger partial charge is 0.385 e. The van der Waals surface area contributed by atoms with E-state index in [-0.39, 0.29) is 0 Å². The van der Waals surface area contributed by atoms with E-state index in [4.69, 9.17) is 4.74 Å². The fourth-order valence-electron chi connectivity index (χ4n) is 3.04. The average molecular weight is 240 g/mol. The van der Waals surface area contributed by atoms with Crippen molar-refractivity contribution in [1.29, 1.82) is 0 Å². The number of methoxy groups -OCH3 is 1. The smallest absolute Gasteiger partial charge is 0.223 e. The van der Waals surface area contributed by atoms with Gasteiger partial charge in [-0.05, 0) is 38.6 Å². The average Bonchev–Trinajstić information content (AvgIpc) is 2.58. The first-order chi connectivity index (χ1) is 8.33. The molecule has 2 rings (SSSR count). The fraction of sp³-hybridized carbons (Fsp3) is 0.923. The lowest BCUT2D eigenvalue weighted by Crippen LogP contribution is -2.42. The van der Waals surface area contributed by atoms with Crippen LogP contribution in [0.4, 0.5) is 0 Å². The Morgan fingerprint density at radius 1 is 1.29 bits per heavy atom. The SMILES string of the molecule is COCCCCC(=O)N1C2CCNCC1CC2. The van der Waals surface area contributed by atoms with Crippen molar-refractivity contribution in [2.24, 2.45) is 0 Å². The number of hydrogen-bond donors (Lipinski definition) is 1. The third kappa shape index (κ3) is 3.19. The standard InChI is InChI=1S/C13H24N2O2/c1-17-9-3-2-4-13(16)15-11-5-6-12(15)10-14-8-7-11/h11-12,14H,2-10H2,1H3. The molecule has 2 aliphatic heterocycles. The lowest BCUT2D eigenvalue weighted by molar-refractivity contribution is -0.133. The molecule has 4 nitrogen and oxygen atoms in total. The maximum atomic E-state index is 12.2. The van der Waals surface area contributed by atoms with Crippen LogP contribution in [0, 0.1) is 0 Å². The molecule has 0 aliphatic carbocycles. The topological polar surface area (TPSA) is 41.6 Å². The van der Waals surface area contributed by atoms with Crippen molar-refractivity contribution >= 4 is 5.91 Å². The highest BCUT2D eigenvalue weighted by molar-refractivity contribution is 5.77. The zero-order valence-electron chi connectivity index (χ0n) is 10.8. The molecule has 98 valence electrons. The summed E-state index contributed by atoms with van der Waals surface area (Å²) < 4.78 is 5.01. The van der Waals surface area contributed by atoms with E-state index in [9.17, 15) is 4.79 Å². The van der Waals surface area contributed by atoms with Gasteiger partial charge in [0.05, 0.1) is 0 Å². The Morgan fingerprint density at radius 3 is 2.94 bits per heavy atom. The molecule has 1 amide bonds. The molecule has 0 spiro atoms. The van der Waals surface area contributed by atoms with E-state index in [0.717, 1.165) is 39.0 Å². The van der Waals surface area contributed by atoms with E-state index in [0.29, 0.717) is 24.4 Å². The summed E-state index contributed by atoms with van der Waals surface area (Å²) >= 11 is 0. The zero-order chi connectivity index (χ0) is 12.1. The fourth-order valence-corrected chi connectivity index (χ4v) is 3.04. The molecule has 2 unspecified atom stereocenters. The molecule has 0 radical (unpaired) electrons. The number of carbonyl (C=O) groups excluding carboxylic acids is 1. The van der Waals surface area contributed by atoms with E-state index >= 15 is 0 Å². The molecule has 0 aromatic carbocycles. The Balaban J connectivity index is 1.81. The number of nitrogens with zero attached hydrogens (tertiary/aromatic N) is 1. The van der Waals surface area contributed by atoms with Crippen LogP contribution < -0.4 is 5.32 Å². The Kier molecular flexibility index (Phi) is 4.80. The molecule has 0 aromatic heterocycles. The molecule has 0 saturated carbocycles. The van der Waals surface area contributed by atoms with Gasteiger partial charge in [0.15, 0.2) is 0 Å². The lowest BCUT2D eigenvalue weighted by atomic mass is 10.1. The second kappa shape index (κ2) is 6.36. The van der Waals surface area contributed by atoms with Gasteiger partial charge in [0.1, 0.15) is 0 Å². The third-order valence-electron chi connectivity index (χ3n) is 3.93. The Labute approximate surface area is 104 Å².